The van der Waals surface area contributed by atoms with E-state index >= 15 is 0 Å². The Hall–Kier alpha value is -1.22. The second kappa shape index (κ2) is 10.9. The molecule has 150 valence electrons. The standard InChI is InChI=1S/C19H30N4O2S2/c1-5-15(24)16-12-17(18(20-2)27-16)26-13-21-8-11-23-9-6-14(7-10-23)19(25)22(3)4/h12,14,21H,2,5-11,13H2,1,3-4H3. The minimum Gasteiger partial charge on any atom is -0.349 e. The van der Waals surface area contributed by atoms with Crippen LogP contribution in [-0.4, -0.2) is 74.4 Å². The van der Waals surface area contributed by atoms with E-state index in [1.54, 1.807) is 16.7 Å². The van der Waals surface area contributed by atoms with E-state index in [1.807, 2.05) is 27.1 Å². The molecule has 1 aromatic heterocycles. The Balaban J connectivity index is 1.67. The molecule has 1 aliphatic heterocycles. The fourth-order valence-corrected chi connectivity index (χ4v) is 5.13. The van der Waals surface area contributed by atoms with E-state index in [0.29, 0.717) is 6.42 Å². The quantitative estimate of drug-likeness (QED) is 0.211. The van der Waals surface area contributed by atoms with Gasteiger partial charge in [-0.25, -0.2) is 0 Å². The third-order valence-corrected chi connectivity index (χ3v) is 6.94. The fraction of sp³-hybridized carbons (Fsp3) is 0.632. The van der Waals surface area contributed by atoms with Gasteiger partial charge in [0.2, 0.25) is 5.91 Å². The molecule has 1 fully saturated rings. The molecular weight excluding hydrogens is 380 g/mol. The highest BCUT2D eigenvalue weighted by Crippen LogP contribution is 2.37. The number of piperidine rings is 1. The highest BCUT2D eigenvalue weighted by molar-refractivity contribution is 7.99. The third-order valence-electron chi connectivity index (χ3n) is 4.73. The smallest absolute Gasteiger partial charge is 0.225 e. The lowest BCUT2D eigenvalue weighted by molar-refractivity contribution is -0.134. The van der Waals surface area contributed by atoms with Crippen molar-refractivity contribution in [2.45, 2.75) is 31.1 Å². The van der Waals surface area contributed by atoms with Gasteiger partial charge in [-0.1, -0.05) is 6.92 Å². The molecule has 1 aliphatic rings. The topological polar surface area (TPSA) is 65.0 Å². The monoisotopic (exact) mass is 410 g/mol. The molecule has 1 saturated heterocycles. The second-order valence-electron chi connectivity index (χ2n) is 6.85. The molecular formula is C19H30N4O2S2. The van der Waals surface area contributed by atoms with Crippen molar-refractivity contribution >= 4 is 46.5 Å². The van der Waals surface area contributed by atoms with Gasteiger partial charge in [0.1, 0.15) is 5.00 Å². The van der Waals surface area contributed by atoms with Crippen molar-refractivity contribution in [1.29, 1.82) is 0 Å². The number of aliphatic imine (C=N–C) groups is 1. The molecule has 0 aliphatic carbocycles. The molecule has 0 atom stereocenters. The molecule has 2 heterocycles. The van der Waals surface area contributed by atoms with Gasteiger partial charge in [-0.3, -0.25) is 14.6 Å². The molecule has 0 spiro atoms. The van der Waals surface area contributed by atoms with Crippen LogP contribution in [-0.2, 0) is 4.79 Å². The molecule has 2 rings (SSSR count). The maximum Gasteiger partial charge on any atom is 0.225 e. The Morgan fingerprint density at radius 3 is 2.70 bits per heavy atom. The lowest BCUT2D eigenvalue weighted by Crippen LogP contribution is -2.42. The first kappa shape index (κ1) is 22.1. The minimum atomic E-state index is 0.154. The van der Waals surface area contributed by atoms with Crippen LogP contribution in [0.25, 0.3) is 0 Å². The van der Waals surface area contributed by atoms with Gasteiger partial charge in [-0.05, 0) is 38.7 Å². The summed E-state index contributed by atoms with van der Waals surface area (Å²) in [6, 6.07) is 1.93. The van der Waals surface area contributed by atoms with E-state index in [-0.39, 0.29) is 17.6 Å². The molecule has 0 bridgehead atoms. The van der Waals surface area contributed by atoms with Crippen LogP contribution in [0.4, 0.5) is 5.00 Å². The average Bonchev–Trinajstić information content (AvgIpc) is 3.10. The van der Waals surface area contributed by atoms with Crippen molar-refractivity contribution in [3.63, 3.8) is 0 Å². The summed E-state index contributed by atoms with van der Waals surface area (Å²) in [7, 11) is 3.66. The predicted molar refractivity (Wildman–Crippen MR) is 115 cm³/mol. The normalized spacial score (nSPS) is 15.7. The summed E-state index contributed by atoms with van der Waals surface area (Å²) in [6.07, 6.45) is 2.41. The van der Waals surface area contributed by atoms with Crippen molar-refractivity contribution < 1.29 is 9.59 Å². The Kier molecular flexibility index (Phi) is 8.95. The highest BCUT2D eigenvalue weighted by atomic mass is 32.2. The number of Topliss-reactive ketones (excluding diaryl/α,β-unsaturated/α-hetero) is 1. The number of hydrogen-bond donors (Lipinski definition) is 1. The van der Waals surface area contributed by atoms with Crippen molar-refractivity contribution in [2.24, 2.45) is 10.9 Å². The van der Waals surface area contributed by atoms with Crippen molar-refractivity contribution in [1.82, 2.24) is 15.1 Å². The van der Waals surface area contributed by atoms with Gasteiger partial charge in [0.15, 0.2) is 5.78 Å². The molecule has 1 aromatic rings. The summed E-state index contributed by atoms with van der Waals surface area (Å²) >= 11 is 3.08. The first-order valence-corrected chi connectivity index (χ1v) is 11.2. The number of rotatable bonds is 10. The minimum absolute atomic E-state index is 0.154. The predicted octanol–water partition coefficient (Wildman–Crippen LogP) is 3.11. The zero-order valence-corrected chi connectivity index (χ0v) is 18.1. The molecule has 8 heteroatoms. The number of hydrogen-bond acceptors (Lipinski definition) is 7. The molecule has 27 heavy (non-hydrogen) atoms. The van der Waals surface area contributed by atoms with Gasteiger partial charge < -0.3 is 15.1 Å². The first-order valence-electron chi connectivity index (χ1n) is 9.37. The summed E-state index contributed by atoms with van der Waals surface area (Å²) in [5.41, 5.74) is 0. The summed E-state index contributed by atoms with van der Waals surface area (Å²) in [4.78, 5) is 33.8. The molecule has 0 aromatic carbocycles. The summed E-state index contributed by atoms with van der Waals surface area (Å²) in [5, 5.41) is 4.27. The average molecular weight is 411 g/mol. The van der Waals surface area contributed by atoms with Gasteiger partial charge in [0.05, 0.1) is 4.88 Å². The SMILES string of the molecule is C=Nc1sc(C(=O)CC)cc1SCNCCN1CCC(C(=O)N(C)C)CC1. The van der Waals surface area contributed by atoms with Crippen molar-refractivity contribution in [3.05, 3.63) is 10.9 Å². The van der Waals surface area contributed by atoms with Gasteiger partial charge in [-0.2, -0.15) is 0 Å². The van der Waals surface area contributed by atoms with Crippen LogP contribution in [0.1, 0.15) is 35.9 Å². The Labute approximate surface area is 170 Å². The maximum atomic E-state index is 12.0. The molecule has 1 amide bonds. The Morgan fingerprint density at radius 2 is 2.11 bits per heavy atom. The van der Waals surface area contributed by atoms with Crippen LogP contribution in [0.3, 0.4) is 0 Å². The number of ketones is 1. The number of carbonyl (C=O) groups is 2. The zero-order valence-electron chi connectivity index (χ0n) is 16.5. The Bertz CT molecular complexity index is 652. The number of amides is 1. The summed E-state index contributed by atoms with van der Waals surface area (Å²) < 4.78 is 0. The van der Waals surface area contributed by atoms with Gasteiger partial charge in [-0.15, -0.1) is 23.1 Å². The molecule has 1 N–H and O–H groups in total. The number of nitrogens with one attached hydrogen (secondary N) is 1. The third kappa shape index (κ3) is 6.41. The second-order valence-corrected chi connectivity index (χ2v) is 8.90. The van der Waals surface area contributed by atoms with Crippen LogP contribution in [0, 0.1) is 5.92 Å². The van der Waals surface area contributed by atoms with E-state index < -0.39 is 0 Å². The number of thiophene rings is 1. The fourth-order valence-electron chi connectivity index (χ4n) is 3.10. The summed E-state index contributed by atoms with van der Waals surface area (Å²) in [6.45, 7) is 9.33. The van der Waals surface area contributed by atoms with Crippen LogP contribution >= 0.6 is 23.1 Å². The lowest BCUT2D eigenvalue weighted by atomic mass is 9.95. The van der Waals surface area contributed by atoms with Crippen molar-refractivity contribution in [3.8, 4) is 0 Å². The number of carbonyl (C=O) groups excluding carboxylic acids is 2. The molecule has 0 radical (unpaired) electrons. The van der Waals surface area contributed by atoms with E-state index in [1.165, 1.54) is 11.3 Å². The van der Waals surface area contributed by atoms with Crippen LogP contribution in [0.2, 0.25) is 0 Å². The number of thioether (sulfide) groups is 1. The zero-order chi connectivity index (χ0) is 19.8. The van der Waals surface area contributed by atoms with Crippen LogP contribution in [0.15, 0.2) is 16.0 Å². The van der Waals surface area contributed by atoms with E-state index in [4.69, 9.17) is 0 Å². The molecule has 0 saturated carbocycles. The van der Waals surface area contributed by atoms with Gasteiger partial charge in [0, 0.05) is 50.3 Å². The van der Waals surface area contributed by atoms with Gasteiger partial charge >= 0.3 is 0 Å². The van der Waals surface area contributed by atoms with Crippen LogP contribution in [0.5, 0.6) is 0 Å². The number of nitrogens with zero attached hydrogens (tertiary/aromatic N) is 3. The number of likely N-dealkylation sites (tertiary alicyclic amines) is 1. The molecule has 0 unspecified atom stereocenters. The van der Waals surface area contributed by atoms with Crippen molar-refractivity contribution in [2.75, 3.05) is 46.2 Å². The summed E-state index contributed by atoms with van der Waals surface area (Å²) in [5.74, 6) is 1.37. The first-order chi connectivity index (χ1) is 13.0. The van der Waals surface area contributed by atoms with E-state index in [2.05, 4.69) is 21.9 Å². The van der Waals surface area contributed by atoms with E-state index in [0.717, 1.165) is 59.7 Å². The van der Waals surface area contributed by atoms with E-state index in [9.17, 15) is 9.59 Å². The van der Waals surface area contributed by atoms with Gasteiger partial charge in [0.25, 0.3) is 0 Å². The maximum absolute atomic E-state index is 12.0. The Morgan fingerprint density at radius 1 is 1.41 bits per heavy atom. The lowest BCUT2D eigenvalue weighted by Gasteiger charge is -2.32. The largest absolute Gasteiger partial charge is 0.349 e. The van der Waals surface area contributed by atoms with Crippen LogP contribution < -0.4 is 5.32 Å². The highest BCUT2D eigenvalue weighted by Gasteiger charge is 2.25. The molecule has 6 nitrogen and oxygen atoms in total.